The zero-order valence-electron chi connectivity index (χ0n) is 16.3. The molecule has 154 valence electrons. The maximum atomic E-state index is 12.9. The molecule has 7 nitrogen and oxygen atoms in total. The molecule has 0 spiro atoms. The Morgan fingerprint density at radius 2 is 1.47 bits per heavy atom. The number of aryl methyl sites for hydroxylation is 2. The number of amides is 1. The number of anilines is 2. The zero-order valence-corrected chi connectivity index (χ0v) is 17.1. The summed E-state index contributed by atoms with van der Waals surface area (Å²) in [5.74, 6) is -1.79. The van der Waals surface area contributed by atoms with Crippen molar-refractivity contribution in [2.24, 2.45) is 0 Å². The van der Waals surface area contributed by atoms with Crippen molar-refractivity contribution in [3.63, 3.8) is 0 Å². The summed E-state index contributed by atoms with van der Waals surface area (Å²) in [4.78, 5) is 23.4. The Hall–Kier alpha value is -3.65. The Labute approximate surface area is 174 Å². The molecule has 0 aliphatic heterocycles. The fourth-order valence-corrected chi connectivity index (χ4v) is 4.15. The monoisotopic (exact) mass is 423 g/mol. The van der Waals surface area contributed by atoms with Crippen LogP contribution in [-0.4, -0.2) is 20.3 Å². The van der Waals surface area contributed by atoms with Crippen LogP contribution in [0.1, 0.15) is 31.8 Å². The third-order valence-corrected chi connectivity index (χ3v) is 6.03. The fraction of sp³-hybridized carbons (Fsp3) is 0.0909. The van der Waals surface area contributed by atoms with E-state index in [0.29, 0.717) is 11.3 Å². The molecule has 0 aliphatic carbocycles. The number of hydrogen-bond acceptors (Lipinski definition) is 5. The Morgan fingerprint density at radius 3 is 2.10 bits per heavy atom. The number of para-hydroxylation sites is 1. The molecule has 3 rings (SSSR count). The van der Waals surface area contributed by atoms with E-state index in [9.17, 15) is 23.1 Å². The minimum absolute atomic E-state index is 0.0519. The highest BCUT2D eigenvalue weighted by atomic mass is 32.2. The van der Waals surface area contributed by atoms with Gasteiger partial charge in [0.15, 0.2) is 0 Å². The number of aromatic carboxylic acids is 1. The molecule has 0 saturated heterocycles. The Morgan fingerprint density at radius 1 is 0.833 bits per heavy atom. The maximum Gasteiger partial charge on any atom is 0.262 e. The molecule has 0 aromatic heterocycles. The van der Waals surface area contributed by atoms with Gasteiger partial charge in [-0.2, -0.15) is 0 Å². The van der Waals surface area contributed by atoms with Crippen LogP contribution in [0.3, 0.4) is 0 Å². The summed E-state index contributed by atoms with van der Waals surface area (Å²) >= 11 is 0. The van der Waals surface area contributed by atoms with Crippen LogP contribution in [0, 0.1) is 13.8 Å². The summed E-state index contributed by atoms with van der Waals surface area (Å²) in [6.45, 7) is 3.48. The van der Waals surface area contributed by atoms with Gasteiger partial charge in [0.2, 0.25) is 0 Å². The summed E-state index contributed by atoms with van der Waals surface area (Å²) in [5, 5.41) is 13.6. The third-order valence-electron chi connectivity index (χ3n) is 4.51. The number of carboxylic acid groups (broad SMARTS) is 1. The van der Waals surface area contributed by atoms with Crippen LogP contribution in [-0.2, 0) is 10.0 Å². The van der Waals surface area contributed by atoms with E-state index >= 15 is 0 Å². The molecule has 0 atom stereocenters. The Balaban J connectivity index is 1.87. The van der Waals surface area contributed by atoms with Crippen LogP contribution >= 0.6 is 0 Å². The van der Waals surface area contributed by atoms with E-state index in [1.54, 1.807) is 31.2 Å². The summed E-state index contributed by atoms with van der Waals surface area (Å²) in [7, 11) is -4.01. The van der Waals surface area contributed by atoms with Gasteiger partial charge >= 0.3 is 0 Å². The molecular formula is C22H19N2O5S-. The molecule has 3 aromatic carbocycles. The normalized spacial score (nSPS) is 11.0. The van der Waals surface area contributed by atoms with Gasteiger partial charge in [-0.1, -0.05) is 36.4 Å². The molecule has 3 aromatic rings. The van der Waals surface area contributed by atoms with Gasteiger partial charge in [-0.25, -0.2) is 8.42 Å². The van der Waals surface area contributed by atoms with Crippen molar-refractivity contribution < 1.29 is 23.1 Å². The second-order valence-corrected chi connectivity index (χ2v) is 8.37. The summed E-state index contributed by atoms with van der Waals surface area (Å²) in [6, 6.07) is 16.8. The largest absolute Gasteiger partial charge is 0.545 e. The minimum Gasteiger partial charge on any atom is -0.545 e. The van der Waals surface area contributed by atoms with Crippen LogP contribution in [0.25, 0.3) is 0 Å². The van der Waals surface area contributed by atoms with Crippen LogP contribution in [0.2, 0.25) is 0 Å². The first-order chi connectivity index (χ1) is 14.2. The number of carbonyl (C=O) groups is 2. The first-order valence-corrected chi connectivity index (χ1v) is 10.5. The second kappa shape index (κ2) is 8.38. The highest BCUT2D eigenvalue weighted by Crippen LogP contribution is 2.22. The van der Waals surface area contributed by atoms with Gasteiger partial charge in [-0.3, -0.25) is 9.52 Å². The molecule has 0 radical (unpaired) electrons. The summed E-state index contributed by atoms with van der Waals surface area (Å²) in [5.41, 5.74) is 2.29. The SMILES string of the molecule is Cc1ccccc1NC(=O)c1ccc(C)c(S(=O)(=O)Nc2ccc(C(=O)[O-])cc2)c1. The van der Waals surface area contributed by atoms with Gasteiger partial charge in [-0.15, -0.1) is 0 Å². The van der Waals surface area contributed by atoms with Crippen LogP contribution in [0.15, 0.2) is 71.6 Å². The van der Waals surface area contributed by atoms with E-state index in [4.69, 9.17) is 0 Å². The predicted molar refractivity (Wildman–Crippen MR) is 112 cm³/mol. The average Bonchev–Trinajstić information content (AvgIpc) is 2.70. The third kappa shape index (κ3) is 4.66. The minimum atomic E-state index is -4.01. The van der Waals surface area contributed by atoms with Crippen LogP contribution in [0.4, 0.5) is 11.4 Å². The van der Waals surface area contributed by atoms with E-state index in [-0.39, 0.29) is 21.7 Å². The Kier molecular flexibility index (Phi) is 5.89. The molecule has 8 heteroatoms. The lowest BCUT2D eigenvalue weighted by molar-refractivity contribution is -0.255. The number of hydrogen-bond donors (Lipinski definition) is 2. The highest BCUT2D eigenvalue weighted by Gasteiger charge is 2.20. The number of carboxylic acids is 1. The van der Waals surface area contributed by atoms with Crippen LogP contribution in [0.5, 0.6) is 0 Å². The average molecular weight is 423 g/mol. The molecule has 0 heterocycles. The van der Waals surface area contributed by atoms with Gasteiger partial charge in [0.1, 0.15) is 0 Å². The zero-order chi connectivity index (χ0) is 21.9. The number of sulfonamides is 1. The molecule has 0 unspecified atom stereocenters. The lowest BCUT2D eigenvalue weighted by atomic mass is 10.1. The molecule has 30 heavy (non-hydrogen) atoms. The van der Waals surface area contributed by atoms with E-state index in [2.05, 4.69) is 10.0 Å². The topological polar surface area (TPSA) is 115 Å². The second-order valence-electron chi connectivity index (χ2n) is 6.72. The van der Waals surface area contributed by atoms with Gasteiger partial charge in [0.25, 0.3) is 15.9 Å². The van der Waals surface area contributed by atoms with Crippen molar-refractivity contribution in [2.75, 3.05) is 10.0 Å². The Bertz CT molecular complexity index is 1220. The number of nitrogens with one attached hydrogen (secondary N) is 2. The standard InChI is InChI=1S/C22H20N2O5S/c1-14-5-3-4-6-19(14)23-21(25)17-8-7-15(2)20(13-17)30(28,29)24-18-11-9-16(10-12-18)22(26)27/h3-13,24H,1-2H3,(H,23,25)(H,26,27)/p-1. The van der Waals surface area contributed by atoms with E-state index in [1.807, 2.05) is 19.1 Å². The lowest BCUT2D eigenvalue weighted by Crippen LogP contribution is -2.22. The fourth-order valence-electron chi connectivity index (χ4n) is 2.82. The quantitative estimate of drug-likeness (QED) is 0.633. The van der Waals surface area contributed by atoms with Crippen molar-refractivity contribution in [1.82, 2.24) is 0 Å². The number of rotatable bonds is 6. The van der Waals surface area contributed by atoms with E-state index in [1.165, 1.54) is 30.3 Å². The van der Waals surface area contributed by atoms with E-state index < -0.39 is 21.9 Å². The molecular weight excluding hydrogens is 404 g/mol. The molecule has 1 amide bonds. The van der Waals surface area contributed by atoms with Crippen molar-refractivity contribution >= 4 is 33.3 Å². The number of carbonyl (C=O) groups excluding carboxylic acids is 2. The molecule has 2 N–H and O–H groups in total. The van der Waals surface area contributed by atoms with E-state index in [0.717, 1.165) is 5.56 Å². The number of benzene rings is 3. The lowest BCUT2D eigenvalue weighted by Gasteiger charge is -2.13. The van der Waals surface area contributed by atoms with Gasteiger partial charge < -0.3 is 15.2 Å². The van der Waals surface area contributed by atoms with Crippen molar-refractivity contribution in [1.29, 1.82) is 0 Å². The van der Waals surface area contributed by atoms with Crippen molar-refractivity contribution in [2.45, 2.75) is 18.7 Å². The smallest absolute Gasteiger partial charge is 0.262 e. The van der Waals surface area contributed by atoms with Crippen LogP contribution < -0.4 is 15.1 Å². The summed E-state index contributed by atoms with van der Waals surface area (Å²) in [6.07, 6.45) is 0. The molecule has 0 fully saturated rings. The summed E-state index contributed by atoms with van der Waals surface area (Å²) < 4.78 is 28.1. The molecule has 0 bridgehead atoms. The predicted octanol–water partition coefficient (Wildman–Crippen LogP) is 2.72. The van der Waals surface area contributed by atoms with Gasteiger partial charge in [-0.05, 0) is 60.9 Å². The highest BCUT2D eigenvalue weighted by molar-refractivity contribution is 7.92. The molecule has 0 aliphatic rings. The first kappa shape index (κ1) is 21.1. The molecule has 0 saturated carbocycles. The van der Waals surface area contributed by atoms with Crippen molar-refractivity contribution in [3.05, 3.63) is 89.0 Å². The van der Waals surface area contributed by atoms with Gasteiger partial charge in [0, 0.05) is 16.9 Å². The van der Waals surface area contributed by atoms with Crippen molar-refractivity contribution in [3.8, 4) is 0 Å². The first-order valence-electron chi connectivity index (χ1n) is 8.99. The van der Waals surface area contributed by atoms with Gasteiger partial charge in [0.05, 0.1) is 10.9 Å². The maximum absolute atomic E-state index is 12.9.